The predicted molar refractivity (Wildman–Crippen MR) is 88.9 cm³/mol. The lowest BCUT2D eigenvalue weighted by Crippen LogP contribution is -2.47. The molecule has 0 aliphatic carbocycles. The Hall–Kier alpha value is -2.77. The van der Waals surface area contributed by atoms with Gasteiger partial charge < -0.3 is 24.4 Å². The van der Waals surface area contributed by atoms with Crippen molar-refractivity contribution in [3.8, 4) is 11.5 Å². The third-order valence-electron chi connectivity index (χ3n) is 5.27. The van der Waals surface area contributed by atoms with E-state index in [4.69, 9.17) is 14.6 Å². The fourth-order valence-corrected chi connectivity index (χ4v) is 3.83. The van der Waals surface area contributed by atoms with Gasteiger partial charge in [0.2, 0.25) is 12.7 Å². The SMILES string of the molecule is O=C(O)C1CCN(C(=O)C2CCCN2C(=O)c2ccc3c(c2)OCO3)C1. The Balaban J connectivity index is 1.48. The zero-order valence-electron chi connectivity index (χ0n) is 14.2. The summed E-state index contributed by atoms with van der Waals surface area (Å²) in [6.45, 7) is 1.30. The molecule has 0 saturated carbocycles. The topological polar surface area (TPSA) is 96.4 Å². The molecule has 26 heavy (non-hydrogen) atoms. The van der Waals surface area contributed by atoms with Crippen LogP contribution in [0.5, 0.6) is 11.5 Å². The van der Waals surface area contributed by atoms with E-state index in [0.717, 1.165) is 6.42 Å². The molecule has 1 aromatic carbocycles. The summed E-state index contributed by atoms with van der Waals surface area (Å²) in [5.41, 5.74) is 0.457. The van der Waals surface area contributed by atoms with E-state index in [9.17, 15) is 14.4 Å². The third kappa shape index (κ3) is 2.85. The number of carbonyl (C=O) groups excluding carboxylic acids is 2. The van der Waals surface area contributed by atoms with Crippen molar-refractivity contribution >= 4 is 17.8 Å². The maximum Gasteiger partial charge on any atom is 0.308 e. The molecule has 0 spiro atoms. The first kappa shape index (κ1) is 16.7. The number of fused-ring (bicyclic) bond motifs is 1. The Morgan fingerprint density at radius 2 is 1.88 bits per heavy atom. The molecule has 0 bridgehead atoms. The average Bonchev–Trinajstić information content (AvgIpc) is 3.39. The van der Waals surface area contributed by atoms with Crippen molar-refractivity contribution < 1.29 is 29.0 Å². The predicted octanol–water partition coefficient (Wildman–Crippen LogP) is 0.953. The highest BCUT2D eigenvalue weighted by molar-refractivity contribution is 5.98. The Morgan fingerprint density at radius 3 is 2.65 bits per heavy atom. The standard InChI is InChI=1S/C18H20N2O6/c21-16(11-3-4-14-15(8-11)26-10-25-14)20-6-1-2-13(20)17(22)19-7-5-12(9-19)18(23)24/h3-4,8,12-13H,1-2,5-7,9-10H2,(H,23,24). The number of amides is 2. The quantitative estimate of drug-likeness (QED) is 0.862. The molecule has 2 saturated heterocycles. The smallest absolute Gasteiger partial charge is 0.308 e. The number of benzene rings is 1. The average molecular weight is 360 g/mol. The van der Waals surface area contributed by atoms with Gasteiger partial charge in [-0.25, -0.2) is 0 Å². The van der Waals surface area contributed by atoms with Crippen LogP contribution in [0, 0.1) is 5.92 Å². The zero-order chi connectivity index (χ0) is 18.3. The van der Waals surface area contributed by atoms with Gasteiger partial charge in [-0.15, -0.1) is 0 Å². The molecule has 3 heterocycles. The van der Waals surface area contributed by atoms with E-state index in [1.54, 1.807) is 28.0 Å². The molecule has 1 aromatic rings. The summed E-state index contributed by atoms with van der Waals surface area (Å²) in [6.07, 6.45) is 1.82. The van der Waals surface area contributed by atoms with Gasteiger partial charge in [0.05, 0.1) is 5.92 Å². The lowest BCUT2D eigenvalue weighted by molar-refractivity contribution is -0.141. The van der Waals surface area contributed by atoms with Crippen LogP contribution < -0.4 is 9.47 Å². The lowest BCUT2D eigenvalue weighted by atomic mass is 10.1. The highest BCUT2D eigenvalue weighted by Gasteiger charge is 2.40. The van der Waals surface area contributed by atoms with Crippen molar-refractivity contribution in [3.05, 3.63) is 23.8 Å². The number of aliphatic carboxylic acids is 1. The van der Waals surface area contributed by atoms with Crippen LogP contribution in [0.2, 0.25) is 0 Å². The molecule has 2 amide bonds. The van der Waals surface area contributed by atoms with Crippen LogP contribution in [-0.4, -0.2) is 65.2 Å². The summed E-state index contributed by atoms with van der Waals surface area (Å²) in [5, 5.41) is 9.12. The first-order chi connectivity index (χ1) is 12.5. The van der Waals surface area contributed by atoms with Crippen molar-refractivity contribution in [1.82, 2.24) is 9.80 Å². The van der Waals surface area contributed by atoms with Crippen molar-refractivity contribution in [2.24, 2.45) is 5.92 Å². The van der Waals surface area contributed by atoms with E-state index in [0.29, 0.717) is 43.0 Å². The Kier molecular flexibility index (Phi) is 4.18. The summed E-state index contributed by atoms with van der Waals surface area (Å²) in [4.78, 5) is 40.0. The summed E-state index contributed by atoms with van der Waals surface area (Å²) in [6, 6.07) is 4.48. The van der Waals surface area contributed by atoms with Crippen molar-refractivity contribution in [3.63, 3.8) is 0 Å². The fraction of sp³-hybridized carbons (Fsp3) is 0.500. The van der Waals surface area contributed by atoms with Crippen molar-refractivity contribution in [1.29, 1.82) is 0 Å². The Labute approximate surface area is 150 Å². The molecule has 138 valence electrons. The van der Waals surface area contributed by atoms with Crippen LogP contribution in [0.15, 0.2) is 18.2 Å². The lowest BCUT2D eigenvalue weighted by Gasteiger charge is -2.28. The van der Waals surface area contributed by atoms with Gasteiger partial charge in [0.1, 0.15) is 6.04 Å². The molecule has 0 aromatic heterocycles. The van der Waals surface area contributed by atoms with Gasteiger partial charge in [-0.2, -0.15) is 0 Å². The van der Waals surface area contributed by atoms with Crippen molar-refractivity contribution in [2.75, 3.05) is 26.4 Å². The summed E-state index contributed by atoms with van der Waals surface area (Å²) < 4.78 is 10.6. The van der Waals surface area contributed by atoms with E-state index >= 15 is 0 Å². The minimum Gasteiger partial charge on any atom is -0.481 e. The number of carboxylic acid groups (broad SMARTS) is 1. The number of ether oxygens (including phenoxy) is 2. The largest absolute Gasteiger partial charge is 0.481 e. The molecule has 2 fully saturated rings. The first-order valence-corrected chi connectivity index (χ1v) is 8.77. The number of nitrogens with zero attached hydrogens (tertiary/aromatic N) is 2. The number of hydrogen-bond donors (Lipinski definition) is 1. The van der Waals surface area contributed by atoms with Gasteiger partial charge in [0.25, 0.3) is 5.91 Å². The minimum atomic E-state index is -0.875. The highest BCUT2D eigenvalue weighted by atomic mass is 16.7. The highest BCUT2D eigenvalue weighted by Crippen LogP contribution is 2.33. The van der Waals surface area contributed by atoms with Crippen LogP contribution >= 0.6 is 0 Å². The van der Waals surface area contributed by atoms with Gasteiger partial charge in [-0.3, -0.25) is 14.4 Å². The number of carbonyl (C=O) groups is 3. The minimum absolute atomic E-state index is 0.136. The molecular formula is C18H20N2O6. The van der Waals surface area contributed by atoms with E-state index in [2.05, 4.69) is 0 Å². The van der Waals surface area contributed by atoms with E-state index in [-0.39, 0.29) is 25.2 Å². The summed E-state index contributed by atoms with van der Waals surface area (Å²) in [5.74, 6) is -0.624. The number of carboxylic acids is 1. The zero-order valence-corrected chi connectivity index (χ0v) is 14.2. The maximum absolute atomic E-state index is 12.9. The van der Waals surface area contributed by atoms with E-state index in [1.807, 2.05) is 0 Å². The van der Waals surface area contributed by atoms with Gasteiger partial charge in [0.15, 0.2) is 11.5 Å². The van der Waals surface area contributed by atoms with Crippen LogP contribution in [0.25, 0.3) is 0 Å². The Bertz CT molecular complexity index is 764. The Morgan fingerprint density at radius 1 is 1.08 bits per heavy atom. The normalized spacial score (nSPS) is 24.2. The molecular weight excluding hydrogens is 340 g/mol. The monoisotopic (exact) mass is 360 g/mol. The first-order valence-electron chi connectivity index (χ1n) is 8.77. The molecule has 0 radical (unpaired) electrons. The van der Waals surface area contributed by atoms with Gasteiger partial charge >= 0.3 is 5.97 Å². The van der Waals surface area contributed by atoms with Crippen molar-refractivity contribution in [2.45, 2.75) is 25.3 Å². The second-order valence-corrected chi connectivity index (χ2v) is 6.83. The number of rotatable bonds is 3. The van der Waals surface area contributed by atoms with Crippen LogP contribution in [-0.2, 0) is 9.59 Å². The maximum atomic E-state index is 12.9. The molecule has 3 aliphatic rings. The van der Waals surface area contributed by atoms with Crippen LogP contribution in [0.3, 0.4) is 0 Å². The summed E-state index contributed by atoms with van der Waals surface area (Å²) >= 11 is 0. The second kappa shape index (κ2) is 6.51. The van der Waals surface area contributed by atoms with Gasteiger partial charge in [-0.05, 0) is 37.5 Å². The third-order valence-corrected chi connectivity index (χ3v) is 5.27. The van der Waals surface area contributed by atoms with Gasteiger partial charge in [-0.1, -0.05) is 0 Å². The number of likely N-dealkylation sites (tertiary alicyclic amines) is 2. The fourth-order valence-electron chi connectivity index (χ4n) is 3.83. The van der Waals surface area contributed by atoms with Crippen LogP contribution in [0.1, 0.15) is 29.6 Å². The molecule has 8 heteroatoms. The van der Waals surface area contributed by atoms with Crippen LogP contribution in [0.4, 0.5) is 0 Å². The van der Waals surface area contributed by atoms with Gasteiger partial charge in [0, 0.05) is 25.2 Å². The van der Waals surface area contributed by atoms with E-state index in [1.165, 1.54) is 0 Å². The molecule has 2 atom stereocenters. The molecule has 3 aliphatic heterocycles. The van der Waals surface area contributed by atoms with E-state index < -0.39 is 17.9 Å². The summed E-state index contributed by atoms with van der Waals surface area (Å²) in [7, 11) is 0. The molecule has 4 rings (SSSR count). The second-order valence-electron chi connectivity index (χ2n) is 6.83. The molecule has 1 N–H and O–H groups in total. The number of hydrogen-bond acceptors (Lipinski definition) is 5. The molecule has 2 unspecified atom stereocenters. The molecule has 8 nitrogen and oxygen atoms in total.